The molecule has 128 valence electrons. The topological polar surface area (TPSA) is 89.7 Å². The maximum atomic E-state index is 12.3. The van der Waals surface area contributed by atoms with Crippen LogP contribution in [0, 0.1) is 13.8 Å². The second-order valence-electron chi connectivity index (χ2n) is 6.07. The van der Waals surface area contributed by atoms with E-state index in [0.29, 0.717) is 11.5 Å². The highest BCUT2D eigenvalue weighted by Crippen LogP contribution is 2.15. The summed E-state index contributed by atoms with van der Waals surface area (Å²) in [5.41, 5.74) is 2.26. The van der Waals surface area contributed by atoms with Gasteiger partial charge in [-0.15, -0.1) is 0 Å². The number of carbonyl (C=O) groups excluding carboxylic acids is 2. The quantitative estimate of drug-likeness (QED) is 0.771. The van der Waals surface area contributed by atoms with Crippen LogP contribution >= 0.6 is 0 Å². The van der Waals surface area contributed by atoms with E-state index in [2.05, 4.69) is 15.1 Å². The van der Waals surface area contributed by atoms with Crippen LogP contribution in [0.1, 0.15) is 36.7 Å². The first kappa shape index (κ1) is 16.4. The van der Waals surface area contributed by atoms with Crippen LogP contribution in [0.25, 0.3) is 5.78 Å². The Kier molecular flexibility index (Phi) is 4.46. The maximum absolute atomic E-state index is 12.3. The number of likely N-dealkylation sites (tertiary alicyclic amines) is 1. The molecule has 1 aliphatic heterocycles. The van der Waals surface area contributed by atoms with Crippen molar-refractivity contribution in [2.75, 3.05) is 13.1 Å². The number of fused-ring (bicyclic) bond motifs is 1. The van der Waals surface area contributed by atoms with Crippen LogP contribution in [0.15, 0.2) is 6.33 Å². The third-order valence-corrected chi connectivity index (χ3v) is 4.38. The molecule has 1 fully saturated rings. The standard InChI is InChI=1S/C16H21N5O3/c1-10-13(11(2)21-16(19-10)17-9-18-21)8-14(22)24-12(3)15(23)20-6-4-5-7-20/h9,12H,4-8H2,1-3H3/t12-/m1/s1. The number of aryl methyl sites for hydroxylation is 2. The monoisotopic (exact) mass is 331 g/mol. The molecular formula is C16H21N5O3. The van der Waals surface area contributed by atoms with Crippen molar-refractivity contribution in [3.8, 4) is 0 Å². The normalized spacial score (nSPS) is 15.7. The van der Waals surface area contributed by atoms with E-state index in [1.807, 2.05) is 13.8 Å². The molecule has 24 heavy (non-hydrogen) atoms. The minimum atomic E-state index is -0.765. The Morgan fingerprint density at radius 3 is 2.71 bits per heavy atom. The van der Waals surface area contributed by atoms with Crippen LogP contribution in [0.2, 0.25) is 0 Å². The summed E-state index contributed by atoms with van der Waals surface area (Å²) in [6, 6.07) is 0. The van der Waals surface area contributed by atoms with E-state index in [9.17, 15) is 9.59 Å². The van der Waals surface area contributed by atoms with E-state index in [1.54, 1.807) is 16.3 Å². The zero-order valence-corrected chi connectivity index (χ0v) is 14.2. The summed E-state index contributed by atoms with van der Waals surface area (Å²) >= 11 is 0. The first-order chi connectivity index (χ1) is 11.5. The smallest absolute Gasteiger partial charge is 0.311 e. The number of hydrogen-bond donors (Lipinski definition) is 0. The first-order valence-corrected chi connectivity index (χ1v) is 8.11. The Labute approximate surface area is 139 Å². The molecule has 0 aliphatic carbocycles. The van der Waals surface area contributed by atoms with Crippen LogP contribution < -0.4 is 0 Å². The Morgan fingerprint density at radius 1 is 1.29 bits per heavy atom. The Morgan fingerprint density at radius 2 is 2.00 bits per heavy atom. The fourth-order valence-electron chi connectivity index (χ4n) is 3.04. The summed E-state index contributed by atoms with van der Waals surface area (Å²) in [5, 5.41) is 4.10. The van der Waals surface area contributed by atoms with Crippen LogP contribution in [-0.4, -0.2) is 55.6 Å². The van der Waals surface area contributed by atoms with E-state index in [4.69, 9.17) is 4.74 Å². The molecule has 1 amide bonds. The lowest BCUT2D eigenvalue weighted by molar-refractivity contribution is -0.158. The van der Waals surface area contributed by atoms with Gasteiger partial charge in [0.25, 0.3) is 11.7 Å². The van der Waals surface area contributed by atoms with Gasteiger partial charge in [-0.3, -0.25) is 9.59 Å². The van der Waals surface area contributed by atoms with Crippen LogP contribution in [0.3, 0.4) is 0 Å². The zero-order valence-electron chi connectivity index (χ0n) is 14.2. The van der Waals surface area contributed by atoms with Crippen molar-refractivity contribution < 1.29 is 14.3 Å². The van der Waals surface area contributed by atoms with Crippen LogP contribution in [-0.2, 0) is 20.7 Å². The van der Waals surface area contributed by atoms with Crippen LogP contribution in [0.4, 0.5) is 0 Å². The molecule has 8 nitrogen and oxygen atoms in total. The second-order valence-corrected chi connectivity index (χ2v) is 6.07. The Hall–Kier alpha value is -2.51. The molecule has 0 unspecified atom stereocenters. The van der Waals surface area contributed by atoms with E-state index >= 15 is 0 Å². The summed E-state index contributed by atoms with van der Waals surface area (Å²) in [7, 11) is 0. The van der Waals surface area contributed by atoms with E-state index in [-0.39, 0.29) is 12.3 Å². The minimum absolute atomic E-state index is 0.0537. The van der Waals surface area contributed by atoms with Gasteiger partial charge in [-0.2, -0.15) is 10.1 Å². The van der Waals surface area contributed by atoms with Crippen molar-refractivity contribution in [2.24, 2.45) is 0 Å². The number of amides is 1. The molecule has 1 saturated heterocycles. The van der Waals surface area contributed by atoms with Gasteiger partial charge < -0.3 is 9.64 Å². The van der Waals surface area contributed by atoms with Crippen molar-refractivity contribution in [3.05, 3.63) is 23.3 Å². The van der Waals surface area contributed by atoms with Gasteiger partial charge in [0.2, 0.25) is 0 Å². The molecule has 0 bridgehead atoms. The average molecular weight is 331 g/mol. The Bertz CT molecular complexity index is 779. The van der Waals surface area contributed by atoms with Crippen molar-refractivity contribution in [1.82, 2.24) is 24.5 Å². The molecule has 0 spiro atoms. The van der Waals surface area contributed by atoms with Gasteiger partial charge in [-0.1, -0.05) is 0 Å². The van der Waals surface area contributed by atoms with Gasteiger partial charge in [-0.05, 0) is 33.6 Å². The number of carbonyl (C=O) groups is 2. The molecule has 0 N–H and O–H groups in total. The van der Waals surface area contributed by atoms with E-state index in [1.165, 1.54) is 6.33 Å². The lowest BCUT2D eigenvalue weighted by atomic mass is 10.1. The Balaban J connectivity index is 1.69. The van der Waals surface area contributed by atoms with E-state index in [0.717, 1.165) is 37.2 Å². The predicted molar refractivity (Wildman–Crippen MR) is 85.3 cm³/mol. The highest BCUT2D eigenvalue weighted by molar-refractivity contribution is 5.84. The summed E-state index contributed by atoms with van der Waals surface area (Å²) in [5.74, 6) is -0.0682. The summed E-state index contributed by atoms with van der Waals surface area (Å²) in [6.07, 6.45) is 2.73. The molecule has 3 rings (SSSR count). The maximum Gasteiger partial charge on any atom is 0.311 e. The van der Waals surface area contributed by atoms with Crippen molar-refractivity contribution in [1.29, 1.82) is 0 Å². The fraction of sp³-hybridized carbons (Fsp3) is 0.562. The fourth-order valence-corrected chi connectivity index (χ4v) is 3.04. The minimum Gasteiger partial charge on any atom is -0.452 e. The average Bonchev–Trinajstić information content (AvgIpc) is 3.21. The SMILES string of the molecule is Cc1nc2ncnn2c(C)c1CC(=O)O[C@H](C)C(=O)N1CCCC1. The molecular weight excluding hydrogens is 310 g/mol. The van der Waals surface area contributed by atoms with Gasteiger partial charge in [0.15, 0.2) is 6.10 Å². The van der Waals surface area contributed by atoms with Crippen LogP contribution in [0.5, 0.6) is 0 Å². The molecule has 1 atom stereocenters. The van der Waals surface area contributed by atoms with Crippen molar-refractivity contribution >= 4 is 17.7 Å². The molecule has 0 saturated carbocycles. The van der Waals surface area contributed by atoms with Gasteiger partial charge in [0.05, 0.1) is 6.42 Å². The predicted octanol–water partition coefficient (Wildman–Crippen LogP) is 0.838. The summed E-state index contributed by atoms with van der Waals surface area (Å²) in [6.45, 7) is 6.79. The molecule has 0 radical (unpaired) electrons. The second kappa shape index (κ2) is 6.54. The molecule has 0 aromatic carbocycles. The highest BCUT2D eigenvalue weighted by atomic mass is 16.5. The van der Waals surface area contributed by atoms with Gasteiger partial charge >= 0.3 is 5.97 Å². The van der Waals surface area contributed by atoms with Gasteiger partial charge in [0, 0.05) is 30.0 Å². The number of ether oxygens (including phenoxy) is 1. The third-order valence-electron chi connectivity index (χ3n) is 4.38. The lowest BCUT2D eigenvalue weighted by Gasteiger charge is -2.20. The summed E-state index contributed by atoms with van der Waals surface area (Å²) < 4.78 is 6.92. The zero-order chi connectivity index (χ0) is 17.3. The molecule has 8 heteroatoms. The summed E-state index contributed by atoms with van der Waals surface area (Å²) in [4.78, 5) is 34.6. The first-order valence-electron chi connectivity index (χ1n) is 8.11. The molecule has 2 aromatic rings. The van der Waals surface area contributed by atoms with E-state index < -0.39 is 12.1 Å². The lowest BCUT2D eigenvalue weighted by Crippen LogP contribution is -2.38. The number of esters is 1. The number of aromatic nitrogens is 4. The van der Waals surface area contributed by atoms with Crippen molar-refractivity contribution in [2.45, 2.75) is 46.1 Å². The highest BCUT2D eigenvalue weighted by Gasteiger charge is 2.26. The molecule has 2 aromatic heterocycles. The number of hydrogen-bond acceptors (Lipinski definition) is 6. The number of rotatable bonds is 4. The van der Waals surface area contributed by atoms with Gasteiger partial charge in [0.1, 0.15) is 6.33 Å². The molecule has 1 aliphatic rings. The largest absolute Gasteiger partial charge is 0.452 e. The number of nitrogens with zero attached hydrogens (tertiary/aromatic N) is 5. The van der Waals surface area contributed by atoms with Crippen molar-refractivity contribution in [3.63, 3.8) is 0 Å². The molecule has 3 heterocycles. The third kappa shape index (κ3) is 3.08. The van der Waals surface area contributed by atoms with Gasteiger partial charge in [-0.25, -0.2) is 9.50 Å².